The fraction of sp³-hybridized carbons (Fsp3) is 0.385. The molecule has 0 atom stereocenters. The van der Waals surface area contributed by atoms with Gasteiger partial charge in [0.25, 0.3) is 5.19 Å². The van der Waals surface area contributed by atoms with Crippen molar-refractivity contribution in [1.29, 1.82) is 0 Å². The van der Waals surface area contributed by atoms with Gasteiger partial charge in [-0.2, -0.15) is 9.36 Å². The van der Waals surface area contributed by atoms with Crippen molar-refractivity contribution in [3.05, 3.63) is 35.7 Å². The number of hydrogen-bond donors (Lipinski definition) is 1. The van der Waals surface area contributed by atoms with E-state index < -0.39 is 0 Å². The maximum absolute atomic E-state index is 5.71. The zero-order valence-corrected chi connectivity index (χ0v) is 11.6. The van der Waals surface area contributed by atoms with Crippen molar-refractivity contribution < 1.29 is 4.74 Å². The molecule has 0 aliphatic rings. The second kappa shape index (κ2) is 5.93. The Kier molecular flexibility index (Phi) is 4.28. The highest BCUT2D eigenvalue weighted by Gasteiger charge is 2.09. The minimum absolute atomic E-state index is 0.328. The van der Waals surface area contributed by atoms with E-state index in [4.69, 9.17) is 4.74 Å². The van der Waals surface area contributed by atoms with Gasteiger partial charge in [0.15, 0.2) is 0 Å². The van der Waals surface area contributed by atoms with Crippen LogP contribution in [0.1, 0.15) is 31.2 Å². The first-order chi connectivity index (χ1) is 8.69. The maximum atomic E-state index is 5.71. The van der Waals surface area contributed by atoms with E-state index in [9.17, 15) is 0 Å². The predicted octanol–water partition coefficient (Wildman–Crippen LogP) is 3.17. The molecule has 1 N–H and O–H groups in total. The Morgan fingerprint density at radius 1 is 1.39 bits per heavy atom. The Hall–Kier alpha value is -1.46. The summed E-state index contributed by atoms with van der Waals surface area (Å²) in [5, 5.41) is 3.71. The third-order valence-corrected chi connectivity index (χ3v) is 3.03. The van der Waals surface area contributed by atoms with Crippen molar-refractivity contribution in [1.82, 2.24) is 14.7 Å². The topological polar surface area (TPSA) is 47.0 Å². The lowest BCUT2D eigenvalue weighted by molar-refractivity contribution is 0.475. The van der Waals surface area contributed by atoms with Crippen molar-refractivity contribution in [2.45, 2.75) is 26.3 Å². The number of aromatic nitrogens is 2. The highest BCUT2D eigenvalue weighted by Crippen LogP contribution is 2.25. The summed E-state index contributed by atoms with van der Waals surface area (Å²) in [5.74, 6) is 1.96. The Bertz CT molecular complexity index is 510. The van der Waals surface area contributed by atoms with Gasteiger partial charge in [0.2, 0.25) is 0 Å². The van der Waals surface area contributed by atoms with E-state index in [1.54, 1.807) is 0 Å². The van der Waals surface area contributed by atoms with Gasteiger partial charge < -0.3 is 10.1 Å². The van der Waals surface area contributed by atoms with E-state index in [1.165, 1.54) is 17.1 Å². The molecular formula is C13H17N3OS. The van der Waals surface area contributed by atoms with Gasteiger partial charge in [0.1, 0.15) is 11.6 Å². The lowest BCUT2D eigenvalue weighted by Gasteiger charge is -2.04. The first-order valence-electron chi connectivity index (χ1n) is 5.94. The summed E-state index contributed by atoms with van der Waals surface area (Å²) < 4.78 is 9.98. The van der Waals surface area contributed by atoms with E-state index in [-0.39, 0.29) is 0 Å². The monoisotopic (exact) mass is 263 g/mol. The molecule has 5 heteroatoms. The van der Waals surface area contributed by atoms with Crippen LogP contribution in [0.25, 0.3) is 0 Å². The van der Waals surface area contributed by atoms with Gasteiger partial charge in [0, 0.05) is 24.0 Å². The molecule has 2 aromatic rings. The fourth-order valence-electron chi connectivity index (χ4n) is 1.52. The van der Waals surface area contributed by atoms with E-state index in [2.05, 4.69) is 34.6 Å². The van der Waals surface area contributed by atoms with E-state index in [0.717, 1.165) is 18.1 Å². The first-order valence-corrected chi connectivity index (χ1v) is 6.71. The molecule has 0 amide bonds. The molecule has 18 heavy (non-hydrogen) atoms. The van der Waals surface area contributed by atoms with Crippen LogP contribution in [0.5, 0.6) is 10.9 Å². The molecule has 0 spiro atoms. The summed E-state index contributed by atoms with van der Waals surface area (Å²) in [6.07, 6.45) is 0. The summed E-state index contributed by atoms with van der Waals surface area (Å²) in [4.78, 5) is 4.35. The van der Waals surface area contributed by atoms with Gasteiger partial charge >= 0.3 is 0 Å². The van der Waals surface area contributed by atoms with E-state index in [1.807, 2.05) is 25.2 Å². The third-order valence-electron chi connectivity index (χ3n) is 2.42. The van der Waals surface area contributed by atoms with Crippen LogP contribution >= 0.6 is 11.5 Å². The van der Waals surface area contributed by atoms with E-state index in [0.29, 0.717) is 11.1 Å². The molecule has 2 rings (SSSR count). The predicted molar refractivity (Wildman–Crippen MR) is 73.3 cm³/mol. The van der Waals surface area contributed by atoms with Gasteiger partial charge in [-0.1, -0.05) is 26.0 Å². The highest BCUT2D eigenvalue weighted by molar-refractivity contribution is 7.07. The molecule has 0 fully saturated rings. The molecule has 1 aromatic heterocycles. The number of rotatable bonds is 5. The third kappa shape index (κ3) is 3.27. The van der Waals surface area contributed by atoms with Crippen LogP contribution in [0.3, 0.4) is 0 Å². The van der Waals surface area contributed by atoms with Crippen LogP contribution in [-0.2, 0) is 6.54 Å². The smallest absolute Gasteiger partial charge is 0.298 e. The molecular weight excluding hydrogens is 246 g/mol. The zero-order valence-electron chi connectivity index (χ0n) is 10.8. The minimum atomic E-state index is 0.328. The Morgan fingerprint density at radius 3 is 2.89 bits per heavy atom. The number of benzene rings is 1. The summed E-state index contributed by atoms with van der Waals surface area (Å²) >= 11 is 1.29. The number of nitrogens with zero attached hydrogens (tertiary/aromatic N) is 2. The van der Waals surface area contributed by atoms with Crippen LogP contribution in [0, 0.1) is 0 Å². The molecule has 96 valence electrons. The molecule has 0 aliphatic carbocycles. The van der Waals surface area contributed by atoms with Crippen molar-refractivity contribution in [3.63, 3.8) is 0 Å². The molecule has 0 unspecified atom stereocenters. The van der Waals surface area contributed by atoms with Crippen molar-refractivity contribution >= 4 is 11.5 Å². The second-order valence-corrected chi connectivity index (χ2v) is 5.07. The Labute approximate surface area is 111 Å². The standard InChI is InChI=1S/C13H17N3OS/c1-9(2)12-15-13(18-16-12)17-11-6-4-5-10(7-11)8-14-3/h4-7,9,14H,8H2,1-3H3. The lowest BCUT2D eigenvalue weighted by atomic mass is 10.2. The van der Waals surface area contributed by atoms with Crippen LogP contribution < -0.4 is 10.1 Å². The van der Waals surface area contributed by atoms with Gasteiger partial charge in [-0.25, -0.2) is 0 Å². The van der Waals surface area contributed by atoms with Crippen LogP contribution in [0.15, 0.2) is 24.3 Å². The molecule has 0 saturated heterocycles. The number of ether oxygens (including phenoxy) is 1. The normalized spacial score (nSPS) is 10.9. The summed E-state index contributed by atoms with van der Waals surface area (Å²) in [7, 11) is 1.92. The van der Waals surface area contributed by atoms with Crippen LogP contribution in [0.2, 0.25) is 0 Å². The average molecular weight is 263 g/mol. The molecule has 1 heterocycles. The number of nitrogens with one attached hydrogen (secondary N) is 1. The fourth-order valence-corrected chi connectivity index (χ4v) is 2.21. The zero-order chi connectivity index (χ0) is 13.0. The molecule has 4 nitrogen and oxygen atoms in total. The minimum Gasteiger partial charge on any atom is -0.430 e. The summed E-state index contributed by atoms with van der Waals surface area (Å²) in [6.45, 7) is 4.96. The maximum Gasteiger partial charge on any atom is 0.298 e. The van der Waals surface area contributed by atoms with Crippen molar-refractivity contribution in [2.24, 2.45) is 0 Å². The van der Waals surface area contributed by atoms with Gasteiger partial charge in [-0.3, -0.25) is 0 Å². The summed E-state index contributed by atoms with van der Waals surface area (Å²) in [5.41, 5.74) is 1.18. The molecule has 0 aliphatic heterocycles. The lowest BCUT2D eigenvalue weighted by Crippen LogP contribution is -2.04. The van der Waals surface area contributed by atoms with Crippen molar-refractivity contribution in [3.8, 4) is 10.9 Å². The molecule has 0 radical (unpaired) electrons. The van der Waals surface area contributed by atoms with Crippen LogP contribution in [0.4, 0.5) is 0 Å². The van der Waals surface area contributed by atoms with E-state index >= 15 is 0 Å². The SMILES string of the molecule is CNCc1cccc(Oc2nc(C(C)C)ns2)c1. The molecule has 1 aromatic carbocycles. The second-order valence-electron chi connectivity index (χ2n) is 4.35. The van der Waals surface area contributed by atoms with Crippen molar-refractivity contribution in [2.75, 3.05) is 7.05 Å². The van der Waals surface area contributed by atoms with Gasteiger partial charge in [-0.05, 0) is 24.7 Å². The largest absolute Gasteiger partial charge is 0.430 e. The number of hydrogen-bond acceptors (Lipinski definition) is 5. The average Bonchev–Trinajstić information content (AvgIpc) is 2.78. The van der Waals surface area contributed by atoms with Gasteiger partial charge in [0.05, 0.1) is 0 Å². The molecule has 0 bridgehead atoms. The first kappa shape index (κ1) is 13.0. The van der Waals surface area contributed by atoms with Gasteiger partial charge in [-0.15, -0.1) is 0 Å². The quantitative estimate of drug-likeness (QED) is 0.900. The van der Waals surface area contributed by atoms with Crippen LogP contribution in [-0.4, -0.2) is 16.4 Å². The molecule has 0 saturated carbocycles. The Morgan fingerprint density at radius 2 is 2.22 bits per heavy atom. The highest BCUT2D eigenvalue weighted by atomic mass is 32.1. The summed E-state index contributed by atoms with van der Waals surface area (Å²) in [6, 6.07) is 7.97. The Balaban J connectivity index is 2.10.